The fourth-order valence-corrected chi connectivity index (χ4v) is 13.4. The third-order valence-corrected chi connectivity index (χ3v) is 16.7. The van der Waals surface area contributed by atoms with Crippen molar-refractivity contribution in [2.45, 2.75) is 186 Å². The van der Waals surface area contributed by atoms with E-state index in [0.29, 0.717) is 12.8 Å². The first-order valence-corrected chi connectivity index (χ1v) is 20.9. The highest BCUT2D eigenvalue weighted by Gasteiger charge is 2.71. The van der Waals surface area contributed by atoms with Gasteiger partial charge < -0.3 is 64.9 Å². The monoisotopic (exact) mass is 784 g/mol. The summed E-state index contributed by atoms with van der Waals surface area (Å²) < 4.78 is 25.0. The van der Waals surface area contributed by atoms with Crippen molar-refractivity contribution in [2.24, 2.45) is 45.3 Å². The van der Waals surface area contributed by atoms with Crippen LogP contribution < -0.4 is 0 Å². The van der Waals surface area contributed by atoms with Gasteiger partial charge in [0.05, 0.1) is 24.9 Å². The van der Waals surface area contributed by atoms with Crippen molar-refractivity contribution >= 4 is 0 Å². The fraction of sp³-hybridized carbons (Fsp3) is 0.952. The molecule has 2 aliphatic heterocycles. The molecule has 0 radical (unpaired) electrons. The maximum Gasteiger partial charge on any atom is 0.187 e. The standard InChI is InChI=1S/C42H72O13/c1-22(2)9-8-15-41(7,55-37-35(51)33(49)31(47)26(20-44)53-37)24-12-16-39(5)23(24)10-11-28-40(39,6)17-13-27-38(3,4)29(14-18-42(27,28)21-45)54-36-34(50)32(48)30(46)25(19-43)52-36/h9,23-37,43-51H,8,10-21H2,1-7H3/t23-,24+,25-,26-,27-,28+,29-,30-,31-,32+,33+,34-,35-,36+,37+,39-,40-,41+,42+/m1/s1. The third-order valence-electron chi connectivity index (χ3n) is 16.7. The minimum atomic E-state index is -1.52. The molecule has 0 aromatic heterocycles. The molecule has 6 fully saturated rings. The summed E-state index contributed by atoms with van der Waals surface area (Å²) >= 11 is 0. The second kappa shape index (κ2) is 16.0. The predicted octanol–water partition coefficient (Wildman–Crippen LogP) is 2.15. The van der Waals surface area contributed by atoms with Gasteiger partial charge in [0.15, 0.2) is 12.6 Å². The van der Waals surface area contributed by atoms with E-state index in [1.165, 1.54) is 5.57 Å². The van der Waals surface area contributed by atoms with Gasteiger partial charge in [0, 0.05) is 12.0 Å². The molecule has 19 atom stereocenters. The maximum atomic E-state index is 11.6. The van der Waals surface area contributed by atoms with Crippen LogP contribution in [0.2, 0.25) is 0 Å². The first kappa shape index (κ1) is 43.8. The van der Waals surface area contributed by atoms with Gasteiger partial charge in [-0.15, -0.1) is 0 Å². The van der Waals surface area contributed by atoms with Gasteiger partial charge in [-0.25, -0.2) is 0 Å². The summed E-state index contributed by atoms with van der Waals surface area (Å²) in [7, 11) is 0. The van der Waals surface area contributed by atoms with Crippen molar-refractivity contribution in [3.05, 3.63) is 11.6 Å². The molecule has 4 aliphatic carbocycles. The fourth-order valence-electron chi connectivity index (χ4n) is 13.4. The van der Waals surface area contributed by atoms with Gasteiger partial charge in [-0.05, 0) is 125 Å². The van der Waals surface area contributed by atoms with E-state index in [9.17, 15) is 46.0 Å². The lowest BCUT2D eigenvalue weighted by atomic mass is 9.35. The lowest BCUT2D eigenvalue weighted by Crippen LogP contribution is -2.67. The smallest absolute Gasteiger partial charge is 0.187 e. The summed E-state index contributed by atoms with van der Waals surface area (Å²) in [4.78, 5) is 0. The van der Waals surface area contributed by atoms with Gasteiger partial charge in [0.25, 0.3) is 0 Å². The van der Waals surface area contributed by atoms with Crippen LogP contribution in [0.4, 0.5) is 0 Å². The summed E-state index contributed by atoms with van der Waals surface area (Å²) in [5.41, 5.74) is -0.537. The zero-order valence-corrected chi connectivity index (χ0v) is 34.1. The highest BCUT2D eigenvalue weighted by Crippen LogP contribution is 2.76. The normalized spacial score (nSPS) is 50.7. The largest absolute Gasteiger partial charge is 0.396 e. The van der Waals surface area contributed by atoms with Crippen molar-refractivity contribution < 1.29 is 64.9 Å². The molecule has 55 heavy (non-hydrogen) atoms. The Labute approximate surface area is 327 Å². The molecule has 2 saturated heterocycles. The topological polar surface area (TPSA) is 219 Å². The zero-order chi connectivity index (χ0) is 40.5. The second-order valence-electron chi connectivity index (χ2n) is 19.8. The molecule has 0 spiro atoms. The predicted molar refractivity (Wildman–Crippen MR) is 201 cm³/mol. The molecule has 0 amide bonds. The van der Waals surface area contributed by atoms with Crippen LogP contribution in [0.3, 0.4) is 0 Å². The average Bonchev–Trinajstić information content (AvgIpc) is 3.51. The molecule has 6 rings (SSSR count). The van der Waals surface area contributed by atoms with Crippen LogP contribution in [0, 0.1) is 45.3 Å². The number of ether oxygens (including phenoxy) is 4. The Kier molecular flexibility index (Phi) is 12.7. The molecule has 13 nitrogen and oxygen atoms in total. The quantitative estimate of drug-likeness (QED) is 0.109. The third kappa shape index (κ3) is 7.10. The summed E-state index contributed by atoms with van der Waals surface area (Å²) in [5.74, 6) is 0.726. The number of allylic oxidation sites excluding steroid dienone is 2. The molecular formula is C42H72O13. The Bertz CT molecular complexity index is 1350. The lowest BCUT2D eigenvalue weighted by molar-refractivity contribution is -0.336. The Morgan fingerprint density at radius 2 is 1.27 bits per heavy atom. The van der Waals surface area contributed by atoms with Crippen LogP contribution in [0.25, 0.3) is 0 Å². The van der Waals surface area contributed by atoms with Gasteiger partial charge >= 0.3 is 0 Å². The highest BCUT2D eigenvalue weighted by atomic mass is 16.7. The van der Waals surface area contributed by atoms with E-state index >= 15 is 0 Å². The van der Waals surface area contributed by atoms with Crippen molar-refractivity contribution in [1.82, 2.24) is 0 Å². The van der Waals surface area contributed by atoms with Gasteiger partial charge in [-0.1, -0.05) is 39.3 Å². The Morgan fingerprint density at radius 1 is 0.691 bits per heavy atom. The number of hydrogen-bond donors (Lipinski definition) is 9. The molecule has 0 bridgehead atoms. The van der Waals surface area contributed by atoms with E-state index in [4.69, 9.17) is 18.9 Å². The van der Waals surface area contributed by atoms with Gasteiger partial charge in [-0.2, -0.15) is 0 Å². The van der Waals surface area contributed by atoms with E-state index in [1.54, 1.807) is 0 Å². The van der Waals surface area contributed by atoms with Crippen LogP contribution >= 0.6 is 0 Å². The van der Waals surface area contributed by atoms with E-state index in [2.05, 4.69) is 54.5 Å². The lowest BCUT2D eigenvalue weighted by Gasteiger charge is -2.70. The van der Waals surface area contributed by atoms with Crippen molar-refractivity contribution in [3.8, 4) is 0 Å². The highest BCUT2D eigenvalue weighted by molar-refractivity contribution is 5.19. The minimum Gasteiger partial charge on any atom is -0.396 e. The Balaban J connectivity index is 1.25. The van der Waals surface area contributed by atoms with Crippen molar-refractivity contribution in [1.29, 1.82) is 0 Å². The summed E-state index contributed by atoms with van der Waals surface area (Å²) in [5, 5.41) is 95.0. The summed E-state index contributed by atoms with van der Waals surface area (Å²) in [6, 6.07) is 0. The molecule has 0 unspecified atom stereocenters. The van der Waals surface area contributed by atoms with E-state index < -0.39 is 85.6 Å². The molecule has 318 valence electrons. The minimum absolute atomic E-state index is 0.0545. The zero-order valence-electron chi connectivity index (χ0n) is 34.1. The van der Waals surface area contributed by atoms with Crippen molar-refractivity contribution in [2.75, 3.05) is 19.8 Å². The van der Waals surface area contributed by atoms with E-state index in [0.717, 1.165) is 51.4 Å². The van der Waals surface area contributed by atoms with Crippen LogP contribution in [-0.2, 0) is 18.9 Å². The number of aliphatic hydroxyl groups is 9. The van der Waals surface area contributed by atoms with Crippen LogP contribution in [0.15, 0.2) is 11.6 Å². The van der Waals surface area contributed by atoms with Crippen LogP contribution in [0.5, 0.6) is 0 Å². The number of fused-ring (bicyclic) bond motifs is 5. The average molecular weight is 785 g/mol. The van der Waals surface area contributed by atoms with E-state index in [1.807, 2.05) is 0 Å². The van der Waals surface area contributed by atoms with Gasteiger partial charge in [0.1, 0.15) is 48.8 Å². The van der Waals surface area contributed by atoms with Crippen LogP contribution in [0.1, 0.15) is 113 Å². The van der Waals surface area contributed by atoms with E-state index in [-0.39, 0.29) is 52.6 Å². The first-order chi connectivity index (χ1) is 25.8. The maximum absolute atomic E-state index is 11.6. The second-order valence-corrected chi connectivity index (χ2v) is 19.8. The number of hydrogen-bond acceptors (Lipinski definition) is 13. The van der Waals surface area contributed by atoms with Gasteiger partial charge in [0.2, 0.25) is 0 Å². The van der Waals surface area contributed by atoms with Crippen LogP contribution in [-0.4, -0.2) is 139 Å². The molecule has 4 saturated carbocycles. The Hall–Kier alpha value is -0.780. The summed E-state index contributed by atoms with van der Waals surface area (Å²) in [6.45, 7) is 14.5. The van der Waals surface area contributed by atoms with Crippen molar-refractivity contribution in [3.63, 3.8) is 0 Å². The summed E-state index contributed by atoms with van der Waals surface area (Å²) in [6.07, 6.45) is -3.27. The first-order valence-electron chi connectivity index (χ1n) is 20.9. The molecule has 6 aliphatic rings. The molecule has 9 N–H and O–H groups in total. The molecule has 0 aromatic carbocycles. The Morgan fingerprint density at radius 3 is 1.85 bits per heavy atom. The van der Waals surface area contributed by atoms with Gasteiger partial charge in [-0.3, -0.25) is 0 Å². The SMILES string of the molecule is CC(C)=CCC[C@](C)(O[C@@H]1O[C@H](CO)[C@@H](O)[C@H](O)[C@H]1O)[C@H]1CC[C@]2(C)[C@@H]1CC[C@@H]1[C@]3(CO)CC[C@@H](O[C@@H]4O[C@H](CO)[C@@H](O)[C@H](O)[C@H]4O)C(C)(C)[C@H]3CC[C@]12C. The molecule has 13 heteroatoms. The molecular weight excluding hydrogens is 712 g/mol. The molecule has 2 heterocycles. The number of aliphatic hydroxyl groups excluding tert-OH is 9. The number of rotatable bonds is 11. The molecule has 0 aromatic rings.